The summed E-state index contributed by atoms with van der Waals surface area (Å²) in [5.41, 5.74) is 11.1. The van der Waals surface area contributed by atoms with Crippen LogP contribution in [-0.2, 0) is 0 Å². The molecule has 2 fully saturated rings. The fourth-order valence-electron chi connectivity index (χ4n) is 7.03. The highest BCUT2D eigenvalue weighted by Crippen LogP contribution is 2.38. The van der Waals surface area contributed by atoms with Gasteiger partial charge in [-0.25, -0.2) is 9.98 Å². The van der Waals surface area contributed by atoms with Gasteiger partial charge in [-0.1, -0.05) is 6.08 Å². The van der Waals surface area contributed by atoms with Gasteiger partial charge in [0.2, 0.25) is 5.96 Å². The summed E-state index contributed by atoms with van der Waals surface area (Å²) < 4.78 is 0. The Hall–Kier alpha value is -4.26. The number of nitrogens with one attached hydrogen (secondary N) is 2. The maximum atomic E-state index is 5.24. The molecule has 5 aliphatic heterocycles. The highest BCUT2D eigenvalue weighted by molar-refractivity contribution is 6.20. The van der Waals surface area contributed by atoms with E-state index in [0.717, 1.165) is 71.5 Å². The van der Waals surface area contributed by atoms with Crippen molar-refractivity contribution < 1.29 is 0 Å². The van der Waals surface area contributed by atoms with Gasteiger partial charge in [-0.15, -0.1) is 0 Å². The van der Waals surface area contributed by atoms with E-state index in [1.54, 1.807) is 0 Å². The molecular weight excluding hydrogens is 554 g/mol. The van der Waals surface area contributed by atoms with Gasteiger partial charge >= 0.3 is 0 Å². The molecule has 2 aromatic rings. The number of nitrogens with zero attached hydrogens (tertiary/aromatic N) is 5. The normalized spacial score (nSPS) is 19.5. The summed E-state index contributed by atoms with van der Waals surface area (Å²) in [7, 11) is 0. The molecular formula is C38H47N7. The fourth-order valence-corrected chi connectivity index (χ4v) is 7.03. The first-order valence-electron chi connectivity index (χ1n) is 17.0. The molecule has 0 saturated carbocycles. The predicted octanol–water partition coefficient (Wildman–Crippen LogP) is 8.16. The molecule has 0 aromatic heterocycles. The number of benzene rings is 2. The van der Waals surface area contributed by atoms with Crippen LogP contribution in [0.15, 0.2) is 88.2 Å². The number of piperidine rings is 2. The van der Waals surface area contributed by atoms with E-state index in [9.17, 15) is 0 Å². The first-order valence-corrected chi connectivity index (χ1v) is 17.0. The van der Waals surface area contributed by atoms with E-state index in [1.807, 2.05) is 0 Å². The second kappa shape index (κ2) is 12.6. The molecule has 7 nitrogen and oxygen atoms in total. The lowest BCUT2D eigenvalue weighted by Gasteiger charge is -2.34. The van der Waals surface area contributed by atoms with Gasteiger partial charge in [-0.2, -0.15) is 0 Å². The van der Waals surface area contributed by atoms with E-state index in [4.69, 9.17) is 9.98 Å². The van der Waals surface area contributed by atoms with Crippen LogP contribution in [0.2, 0.25) is 0 Å². The predicted molar refractivity (Wildman–Crippen MR) is 192 cm³/mol. The maximum Gasteiger partial charge on any atom is 0.235 e. The third-order valence-electron chi connectivity index (χ3n) is 9.15. The minimum atomic E-state index is 0.305. The molecule has 45 heavy (non-hydrogen) atoms. The van der Waals surface area contributed by atoms with E-state index < -0.39 is 0 Å². The van der Waals surface area contributed by atoms with Crippen LogP contribution >= 0.6 is 0 Å². The summed E-state index contributed by atoms with van der Waals surface area (Å²) in [6.07, 6.45) is 18.5. The Balaban J connectivity index is 1.28. The van der Waals surface area contributed by atoms with Crippen LogP contribution in [-0.4, -0.2) is 54.8 Å². The molecule has 234 valence electrons. The Bertz CT molecular complexity index is 1550. The van der Waals surface area contributed by atoms with Gasteiger partial charge in [0.05, 0.1) is 22.8 Å². The van der Waals surface area contributed by atoms with Crippen LogP contribution in [0.4, 0.5) is 22.7 Å². The molecule has 5 aliphatic rings. The Labute approximate surface area is 268 Å². The quantitative estimate of drug-likeness (QED) is 0.320. The zero-order chi connectivity index (χ0) is 30.9. The Morgan fingerprint density at radius 3 is 1.82 bits per heavy atom. The third kappa shape index (κ3) is 6.18. The largest absolute Gasteiger partial charge is 0.382 e. The molecule has 0 aliphatic carbocycles. The molecule has 2 aromatic carbocycles. The Morgan fingerprint density at radius 1 is 0.644 bits per heavy atom. The average molecular weight is 602 g/mol. The minimum absolute atomic E-state index is 0.305. The highest BCUT2D eigenvalue weighted by atomic mass is 15.3. The molecule has 5 heterocycles. The number of rotatable bonds is 8. The van der Waals surface area contributed by atoms with Crippen LogP contribution in [0.5, 0.6) is 0 Å². The van der Waals surface area contributed by atoms with Crippen LogP contribution in [0.25, 0.3) is 5.70 Å². The lowest BCUT2D eigenvalue weighted by atomic mass is 10.00. The smallest absolute Gasteiger partial charge is 0.235 e. The number of guanidine groups is 1. The van der Waals surface area contributed by atoms with Crippen molar-refractivity contribution in [2.45, 2.75) is 78.3 Å². The van der Waals surface area contributed by atoms with E-state index in [0.29, 0.717) is 18.0 Å². The van der Waals surface area contributed by atoms with Crippen molar-refractivity contribution in [3.63, 3.8) is 0 Å². The number of hydrogen-bond acceptors (Lipinski definition) is 7. The van der Waals surface area contributed by atoms with Crippen LogP contribution in [0.1, 0.15) is 77.3 Å². The first-order chi connectivity index (χ1) is 21.9. The second-order valence-electron chi connectivity index (χ2n) is 13.4. The fraction of sp³-hybridized carbons (Fsp3) is 0.421. The van der Waals surface area contributed by atoms with Crippen molar-refractivity contribution in [3.8, 4) is 0 Å². The van der Waals surface area contributed by atoms with Gasteiger partial charge in [-0.3, -0.25) is 4.90 Å². The first kappa shape index (κ1) is 29.5. The average Bonchev–Trinajstić information content (AvgIpc) is 3.05. The molecule has 2 saturated heterocycles. The van der Waals surface area contributed by atoms with Gasteiger partial charge in [0, 0.05) is 72.1 Å². The molecule has 0 radical (unpaired) electrons. The van der Waals surface area contributed by atoms with Gasteiger partial charge in [0.15, 0.2) is 0 Å². The monoisotopic (exact) mass is 601 g/mol. The molecule has 0 amide bonds. The zero-order valence-electron chi connectivity index (χ0n) is 27.3. The number of anilines is 4. The van der Waals surface area contributed by atoms with Crippen LogP contribution < -0.4 is 20.4 Å². The minimum Gasteiger partial charge on any atom is -0.382 e. The van der Waals surface area contributed by atoms with Gasteiger partial charge in [-0.05, 0) is 127 Å². The van der Waals surface area contributed by atoms with E-state index in [-0.39, 0.29) is 0 Å². The topological polar surface area (TPSA) is 58.5 Å². The summed E-state index contributed by atoms with van der Waals surface area (Å²) >= 11 is 0. The molecule has 2 N–H and O–H groups in total. The summed E-state index contributed by atoms with van der Waals surface area (Å²) in [4.78, 5) is 17.7. The van der Waals surface area contributed by atoms with Crippen molar-refractivity contribution in [2.24, 2.45) is 9.98 Å². The van der Waals surface area contributed by atoms with Crippen molar-refractivity contribution in [2.75, 3.05) is 46.6 Å². The molecule has 0 atom stereocenters. The highest BCUT2D eigenvalue weighted by Gasteiger charge is 2.30. The lowest BCUT2D eigenvalue weighted by molar-refractivity contribution is 0.578. The molecule has 0 bridgehead atoms. The number of allylic oxidation sites excluding steroid dienone is 5. The van der Waals surface area contributed by atoms with Crippen LogP contribution in [0, 0.1) is 0 Å². The maximum absolute atomic E-state index is 5.24. The van der Waals surface area contributed by atoms with Crippen LogP contribution in [0.3, 0.4) is 0 Å². The van der Waals surface area contributed by atoms with Gasteiger partial charge < -0.3 is 20.4 Å². The SMILES string of the molecule is CC(C)Nc1cc(N2CCCCC2)ccc1C1=CC2=CC=CC3=CC(c4ccc(N5CCCCC5)cc4NC(C)C)=NC(=N1)N23. The van der Waals surface area contributed by atoms with Crippen molar-refractivity contribution >= 4 is 40.1 Å². The molecule has 0 unspecified atom stereocenters. The summed E-state index contributed by atoms with van der Waals surface area (Å²) in [5, 5.41) is 7.45. The van der Waals surface area contributed by atoms with E-state index in [1.165, 1.54) is 49.9 Å². The van der Waals surface area contributed by atoms with Crippen molar-refractivity contribution in [3.05, 3.63) is 89.3 Å². The molecule has 0 spiro atoms. The standard InChI is InChI=1S/C38H47N7/c1-26(2)39-34-22-28(43-18-7-5-8-19-43)14-16-32(34)36-24-30-12-11-13-31-25-37(42-38(41-36)45(30)31)33-17-15-29(23-35(33)40-27(3)4)44-20-9-6-10-21-44/h11-17,22-27,39-40H,5-10,18-21H2,1-4H3. The lowest BCUT2D eigenvalue weighted by Crippen LogP contribution is -2.35. The summed E-state index contributed by atoms with van der Waals surface area (Å²) in [6.45, 7) is 13.3. The molecule has 7 rings (SSSR count). The van der Waals surface area contributed by atoms with Gasteiger partial charge in [0.25, 0.3) is 0 Å². The Kier molecular flexibility index (Phi) is 8.26. The van der Waals surface area contributed by atoms with Crippen molar-refractivity contribution in [1.29, 1.82) is 0 Å². The summed E-state index contributed by atoms with van der Waals surface area (Å²) in [6, 6.07) is 14.3. The second-order valence-corrected chi connectivity index (χ2v) is 13.4. The zero-order valence-corrected chi connectivity index (χ0v) is 27.3. The number of aliphatic imine (C=N–C) groups is 2. The van der Waals surface area contributed by atoms with E-state index >= 15 is 0 Å². The van der Waals surface area contributed by atoms with E-state index in [2.05, 4.69) is 120 Å². The summed E-state index contributed by atoms with van der Waals surface area (Å²) in [5.74, 6) is 0.710. The molecule has 7 heteroatoms. The Morgan fingerprint density at radius 2 is 1.22 bits per heavy atom. The van der Waals surface area contributed by atoms with Crippen molar-refractivity contribution in [1.82, 2.24) is 4.90 Å². The third-order valence-corrected chi connectivity index (χ3v) is 9.15. The van der Waals surface area contributed by atoms with Gasteiger partial charge in [0.1, 0.15) is 0 Å². The number of hydrogen-bond donors (Lipinski definition) is 2.